The van der Waals surface area contributed by atoms with Crippen LogP contribution in [0.25, 0.3) is 0 Å². The summed E-state index contributed by atoms with van der Waals surface area (Å²) in [5.74, 6) is 1.01. The van der Waals surface area contributed by atoms with Gasteiger partial charge in [0, 0.05) is 38.3 Å². The van der Waals surface area contributed by atoms with Gasteiger partial charge in [-0.2, -0.15) is 0 Å². The number of carbonyl (C=O) groups excluding carboxylic acids is 2. The Kier molecular flexibility index (Phi) is 8.47. The van der Waals surface area contributed by atoms with E-state index < -0.39 is 0 Å². The molecule has 0 aromatic heterocycles. The molecule has 1 N–H and O–H groups in total. The Labute approximate surface area is 185 Å². The number of nitrogens with one attached hydrogen (secondary N) is 1. The molecule has 166 valence electrons. The van der Waals surface area contributed by atoms with Crippen LogP contribution in [0.15, 0.2) is 48.5 Å². The molecular weight excluding hydrogens is 390 g/mol. The molecule has 6 nitrogen and oxygen atoms in total. The average Bonchev–Trinajstić information content (AvgIpc) is 2.79. The molecule has 1 aliphatic rings. The Morgan fingerprint density at radius 3 is 2.32 bits per heavy atom. The molecule has 1 saturated heterocycles. The topological polar surface area (TPSA) is 61.9 Å². The lowest BCUT2D eigenvalue weighted by atomic mass is 10.1. The van der Waals surface area contributed by atoms with E-state index in [1.807, 2.05) is 60.4 Å². The molecule has 3 rings (SSSR count). The minimum absolute atomic E-state index is 0.00629. The second-order valence-electron chi connectivity index (χ2n) is 7.76. The summed E-state index contributed by atoms with van der Waals surface area (Å²) in [4.78, 5) is 29.1. The number of piperazine rings is 1. The van der Waals surface area contributed by atoms with Gasteiger partial charge in [-0.25, -0.2) is 0 Å². The first-order chi connectivity index (χ1) is 15.1. The number of benzene rings is 2. The molecule has 2 aromatic rings. The molecule has 0 spiro atoms. The van der Waals surface area contributed by atoms with Crippen molar-refractivity contribution in [3.63, 3.8) is 0 Å². The molecule has 0 unspecified atom stereocenters. The van der Waals surface area contributed by atoms with Gasteiger partial charge in [0.2, 0.25) is 11.8 Å². The predicted molar refractivity (Wildman–Crippen MR) is 123 cm³/mol. The van der Waals surface area contributed by atoms with Gasteiger partial charge in [0.25, 0.3) is 0 Å². The zero-order valence-corrected chi connectivity index (χ0v) is 18.6. The van der Waals surface area contributed by atoms with Crippen LogP contribution in [0.3, 0.4) is 0 Å². The van der Waals surface area contributed by atoms with Crippen LogP contribution < -0.4 is 10.1 Å². The van der Waals surface area contributed by atoms with E-state index in [1.165, 1.54) is 0 Å². The molecule has 2 aromatic carbocycles. The van der Waals surface area contributed by atoms with Gasteiger partial charge in [-0.3, -0.25) is 14.5 Å². The molecule has 0 bridgehead atoms. The van der Waals surface area contributed by atoms with Crippen molar-refractivity contribution in [3.05, 3.63) is 59.7 Å². The fraction of sp³-hybridized carbons (Fsp3) is 0.440. The number of hydrogen-bond donors (Lipinski definition) is 1. The highest BCUT2D eigenvalue weighted by Crippen LogP contribution is 2.20. The zero-order chi connectivity index (χ0) is 22.1. The monoisotopic (exact) mass is 423 g/mol. The van der Waals surface area contributed by atoms with E-state index in [2.05, 4.69) is 17.1 Å². The maximum Gasteiger partial charge on any atom is 0.238 e. The van der Waals surface area contributed by atoms with E-state index in [9.17, 15) is 9.59 Å². The highest BCUT2D eigenvalue weighted by atomic mass is 16.5. The molecule has 1 fully saturated rings. The third-order valence-electron chi connectivity index (χ3n) is 5.65. The van der Waals surface area contributed by atoms with Gasteiger partial charge in [-0.05, 0) is 43.0 Å². The Balaban J connectivity index is 1.43. The molecule has 1 heterocycles. The summed E-state index contributed by atoms with van der Waals surface area (Å²) in [5.41, 5.74) is 3.09. The number of rotatable bonds is 9. The summed E-state index contributed by atoms with van der Waals surface area (Å²) in [6.07, 6.45) is 2.03. The maximum atomic E-state index is 12.7. The summed E-state index contributed by atoms with van der Waals surface area (Å²) in [7, 11) is 0. The van der Waals surface area contributed by atoms with Crippen LogP contribution in [0.5, 0.6) is 5.75 Å². The molecule has 31 heavy (non-hydrogen) atoms. The predicted octanol–water partition coefficient (Wildman–Crippen LogP) is 3.36. The standard InChI is InChI=1S/C25H33N3O3/c1-3-20-9-5-7-11-22(20)26-24(29)19-27-15-17-28(18-16-27)25(30)14-13-21-10-6-8-12-23(21)31-4-2/h5-12H,3-4,13-19H2,1-2H3,(H,26,29). The van der Waals surface area contributed by atoms with Gasteiger partial charge in [0.1, 0.15) is 5.75 Å². The highest BCUT2D eigenvalue weighted by molar-refractivity contribution is 5.93. The summed E-state index contributed by atoms with van der Waals surface area (Å²) in [6.45, 7) is 7.75. The van der Waals surface area contributed by atoms with Crippen LogP contribution in [0.2, 0.25) is 0 Å². The fourth-order valence-corrected chi connectivity index (χ4v) is 3.91. The van der Waals surface area contributed by atoms with Gasteiger partial charge >= 0.3 is 0 Å². The summed E-state index contributed by atoms with van der Waals surface area (Å²) >= 11 is 0. The Hall–Kier alpha value is -2.86. The van der Waals surface area contributed by atoms with Crippen LogP contribution in [0.4, 0.5) is 5.69 Å². The van der Waals surface area contributed by atoms with E-state index >= 15 is 0 Å². The van der Waals surface area contributed by atoms with Crippen molar-refractivity contribution < 1.29 is 14.3 Å². The van der Waals surface area contributed by atoms with Crippen LogP contribution in [-0.4, -0.2) is 60.9 Å². The Morgan fingerprint density at radius 2 is 1.61 bits per heavy atom. The summed E-state index contributed by atoms with van der Waals surface area (Å²) < 4.78 is 5.65. The van der Waals surface area contributed by atoms with E-state index in [-0.39, 0.29) is 11.8 Å². The van der Waals surface area contributed by atoms with Crippen LogP contribution in [0, 0.1) is 0 Å². The molecule has 0 aliphatic carbocycles. The second-order valence-corrected chi connectivity index (χ2v) is 7.76. The maximum absolute atomic E-state index is 12.7. The molecule has 0 radical (unpaired) electrons. The first-order valence-corrected chi connectivity index (χ1v) is 11.2. The molecule has 6 heteroatoms. The van der Waals surface area contributed by atoms with Crippen LogP contribution in [-0.2, 0) is 22.4 Å². The van der Waals surface area contributed by atoms with Crippen molar-refractivity contribution in [2.75, 3.05) is 44.6 Å². The van der Waals surface area contributed by atoms with E-state index in [1.54, 1.807) is 0 Å². The van der Waals surface area contributed by atoms with Crippen molar-refractivity contribution in [3.8, 4) is 5.75 Å². The second kappa shape index (κ2) is 11.5. The van der Waals surface area contributed by atoms with Crippen LogP contribution in [0.1, 0.15) is 31.4 Å². The lowest BCUT2D eigenvalue weighted by molar-refractivity contribution is -0.133. The molecule has 1 aliphatic heterocycles. The number of para-hydroxylation sites is 2. The smallest absolute Gasteiger partial charge is 0.238 e. The lowest BCUT2D eigenvalue weighted by Gasteiger charge is -2.34. The van der Waals surface area contributed by atoms with Crippen molar-refractivity contribution in [2.24, 2.45) is 0 Å². The fourth-order valence-electron chi connectivity index (χ4n) is 3.91. The number of amides is 2. The van der Waals surface area contributed by atoms with Crippen molar-refractivity contribution in [1.29, 1.82) is 0 Å². The third-order valence-corrected chi connectivity index (χ3v) is 5.65. The largest absolute Gasteiger partial charge is 0.494 e. The van der Waals surface area contributed by atoms with Gasteiger partial charge in [0.15, 0.2) is 0 Å². The minimum atomic E-state index is -0.00629. The zero-order valence-electron chi connectivity index (χ0n) is 18.6. The molecule has 0 atom stereocenters. The highest BCUT2D eigenvalue weighted by Gasteiger charge is 2.22. The van der Waals surface area contributed by atoms with Gasteiger partial charge in [-0.1, -0.05) is 43.3 Å². The molecule has 2 amide bonds. The van der Waals surface area contributed by atoms with Crippen molar-refractivity contribution >= 4 is 17.5 Å². The number of ether oxygens (including phenoxy) is 1. The SMILES string of the molecule is CCOc1ccccc1CCC(=O)N1CCN(CC(=O)Nc2ccccc2CC)CC1. The third kappa shape index (κ3) is 6.56. The van der Waals surface area contributed by atoms with E-state index in [0.717, 1.165) is 29.0 Å². The Bertz CT molecular complexity index is 876. The molecular formula is C25H33N3O3. The number of carbonyl (C=O) groups is 2. The number of anilines is 1. The Morgan fingerprint density at radius 1 is 0.935 bits per heavy atom. The average molecular weight is 424 g/mol. The minimum Gasteiger partial charge on any atom is -0.494 e. The molecule has 0 saturated carbocycles. The normalized spacial score (nSPS) is 14.3. The lowest BCUT2D eigenvalue weighted by Crippen LogP contribution is -2.50. The van der Waals surface area contributed by atoms with Crippen LogP contribution >= 0.6 is 0 Å². The van der Waals surface area contributed by atoms with Gasteiger partial charge in [-0.15, -0.1) is 0 Å². The van der Waals surface area contributed by atoms with E-state index in [4.69, 9.17) is 4.74 Å². The van der Waals surface area contributed by atoms with Gasteiger partial charge < -0.3 is 15.0 Å². The van der Waals surface area contributed by atoms with Crippen molar-refractivity contribution in [1.82, 2.24) is 9.80 Å². The van der Waals surface area contributed by atoms with Gasteiger partial charge in [0.05, 0.1) is 13.2 Å². The first-order valence-electron chi connectivity index (χ1n) is 11.2. The van der Waals surface area contributed by atoms with E-state index in [0.29, 0.717) is 52.2 Å². The first kappa shape index (κ1) is 22.8. The quantitative estimate of drug-likeness (QED) is 0.672. The number of aryl methyl sites for hydroxylation is 2. The number of hydrogen-bond acceptors (Lipinski definition) is 4. The van der Waals surface area contributed by atoms with Crippen molar-refractivity contribution in [2.45, 2.75) is 33.1 Å². The summed E-state index contributed by atoms with van der Waals surface area (Å²) in [5, 5.41) is 3.02. The number of nitrogens with zero attached hydrogens (tertiary/aromatic N) is 2. The summed E-state index contributed by atoms with van der Waals surface area (Å²) in [6, 6.07) is 15.8.